The van der Waals surface area contributed by atoms with Gasteiger partial charge in [-0.25, -0.2) is 4.79 Å². The van der Waals surface area contributed by atoms with E-state index in [-0.39, 0.29) is 12.4 Å². The van der Waals surface area contributed by atoms with Crippen molar-refractivity contribution >= 4 is 28.6 Å². The third-order valence-corrected chi connectivity index (χ3v) is 3.26. The molecule has 2 rings (SSSR count). The van der Waals surface area contributed by atoms with Crippen LogP contribution in [0, 0.1) is 10.5 Å². The lowest BCUT2D eigenvalue weighted by Crippen LogP contribution is -1.96. The first kappa shape index (κ1) is 12.9. The van der Waals surface area contributed by atoms with Crippen LogP contribution in [0.3, 0.4) is 0 Å². The molecule has 1 N–H and O–H groups in total. The van der Waals surface area contributed by atoms with Gasteiger partial charge < -0.3 is 14.3 Å². The van der Waals surface area contributed by atoms with Crippen LogP contribution in [0.5, 0.6) is 5.75 Å². The van der Waals surface area contributed by atoms with Gasteiger partial charge in [-0.3, -0.25) is 0 Å². The van der Waals surface area contributed by atoms with E-state index in [1.54, 1.807) is 13.0 Å². The van der Waals surface area contributed by atoms with E-state index in [0.717, 1.165) is 9.32 Å². The highest BCUT2D eigenvalue weighted by Crippen LogP contribution is 2.22. The molecule has 1 aromatic heterocycles. The molecule has 0 amide bonds. The van der Waals surface area contributed by atoms with Crippen molar-refractivity contribution < 1.29 is 19.1 Å². The van der Waals surface area contributed by atoms with E-state index in [0.29, 0.717) is 11.3 Å². The molecule has 0 saturated heterocycles. The Morgan fingerprint density at radius 1 is 1.44 bits per heavy atom. The van der Waals surface area contributed by atoms with Crippen LogP contribution in [0.2, 0.25) is 0 Å². The monoisotopic (exact) mass is 358 g/mol. The fourth-order valence-corrected chi connectivity index (χ4v) is 2.09. The molecule has 4 nitrogen and oxygen atoms in total. The minimum atomic E-state index is -1.06. The van der Waals surface area contributed by atoms with Crippen LogP contribution in [0.1, 0.15) is 21.9 Å². The van der Waals surface area contributed by atoms with E-state index in [2.05, 4.69) is 22.6 Å². The van der Waals surface area contributed by atoms with E-state index in [1.165, 1.54) is 0 Å². The highest BCUT2D eigenvalue weighted by atomic mass is 127. The van der Waals surface area contributed by atoms with Crippen molar-refractivity contribution in [1.82, 2.24) is 0 Å². The van der Waals surface area contributed by atoms with Crippen molar-refractivity contribution in [3.8, 4) is 5.75 Å². The van der Waals surface area contributed by atoms with Gasteiger partial charge in [0.2, 0.25) is 5.76 Å². The number of carboxylic acids is 1. The first-order valence-corrected chi connectivity index (χ1v) is 6.35. The van der Waals surface area contributed by atoms with Gasteiger partial charge in [0.1, 0.15) is 18.1 Å². The van der Waals surface area contributed by atoms with Gasteiger partial charge in [-0.1, -0.05) is 12.1 Å². The Kier molecular flexibility index (Phi) is 3.90. The lowest BCUT2D eigenvalue weighted by molar-refractivity contribution is 0.0657. The highest BCUT2D eigenvalue weighted by molar-refractivity contribution is 14.1. The highest BCUT2D eigenvalue weighted by Gasteiger charge is 2.14. The van der Waals surface area contributed by atoms with Crippen LogP contribution in [0.15, 0.2) is 34.7 Å². The number of ether oxygens (including phenoxy) is 1. The SMILES string of the molecule is Cc1cc(COc2ccccc2I)oc1C(=O)O. The van der Waals surface area contributed by atoms with Gasteiger partial charge in [-0.05, 0) is 47.7 Å². The van der Waals surface area contributed by atoms with Gasteiger partial charge in [0.15, 0.2) is 0 Å². The number of benzene rings is 1. The van der Waals surface area contributed by atoms with Gasteiger partial charge in [0.05, 0.1) is 3.57 Å². The zero-order chi connectivity index (χ0) is 13.1. The molecule has 18 heavy (non-hydrogen) atoms. The molecule has 1 heterocycles. The summed E-state index contributed by atoms with van der Waals surface area (Å²) in [6.07, 6.45) is 0. The van der Waals surface area contributed by atoms with Crippen molar-refractivity contribution in [2.75, 3.05) is 0 Å². The molecule has 0 aliphatic carbocycles. The lowest BCUT2D eigenvalue weighted by Gasteiger charge is -2.05. The number of hydrogen-bond acceptors (Lipinski definition) is 3. The van der Waals surface area contributed by atoms with E-state index in [1.807, 2.05) is 24.3 Å². The Balaban J connectivity index is 2.09. The molecular weight excluding hydrogens is 347 g/mol. The van der Waals surface area contributed by atoms with Gasteiger partial charge >= 0.3 is 5.97 Å². The normalized spacial score (nSPS) is 10.3. The zero-order valence-electron chi connectivity index (χ0n) is 9.64. The Labute approximate surface area is 118 Å². The second-order valence-electron chi connectivity index (χ2n) is 3.75. The minimum absolute atomic E-state index is 0.0311. The number of para-hydroxylation sites is 1. The number of rotatable bonds is 4. The van der Waals surface area contributed by atoms with Crippen LogP contribution in [0.25, 0.3) is 0 Å². The van der Waals surface area contributed by atoms with Crippen molar-refractivity contribution in [3.63, 3.8) is 0 Å². The molecule has 0 aliphatic rings. The van der Waals surface area contributed by atoms with Crippen LogP contribution >= 0.6 is 22.6 Å². The number of aryl methyl sites for hydroxylation is 1. The van der Waals surface area contributed by atoms with Crippen LogP contribution in [-0.4, -0.2) is 11.1 Å². The topological polar surface area (TPSA) is 59.7 Å². The molecule has 0 aliphatic heterocycles. The summed E-state index contributed by atoms with van der Waals surface area (Å²) < 4.78 is 11.8. The summed E-state index contributed by atoms with van der Waals surface area (Å²) in [7, 11) is 0. The number of hydrogen-bond donors (Lipinski definition) is 1. The molecule has 0 atom stereocenters. The summed E-state index contributed by atoms with van der Waals surface area (Å²) in [5.41, 5.74) is 0.601. The molecule has 0 unspecified atom stereocenters. The molecule has 0 saturated carbocycles. The number of halogens is 1. The van der Waals surface area contributed by atoms with Crippen LogP contribution in [0.4, 0.5) is 0 Å². The van der Waals surface area contributed by atoms with E-state index in [4.69, 9.17) is 14.3 Å². The quantitative estimate of drug-likeness (QED) is 0.851. The molecule has 2 aromatic rings. The van der Waals surface area contributed by atoms with Crippen molar-refractivity contribution in [2.24, 2.45) is 0 Å². The van der Waals surface area contributed by atoms with Gasteiger partial charge in [-0.2, -0.15) is 0 Å². The minimum Gasteiger partial charge on any atom is -0.485 e. The van der Waals surface area contributed by atoms with Crippen LogP contribution in [-0.2, 0) is 6.61 Å². The standard InChI is InChI=1S/C13H11IO4/c1-8-6-9(18-12(8)13(15)16)7-17-11-5-3-2-4-10(11)14/h2-6H,7H2,1H3,(H,15,16). The second kappa shape index (κ2) is 5.43. The molecule has 5 heteroatoms. The maximum absolute atomic E-state index is 10.8. The summed E-state index contributed by atoms with van der Waals surface area (Å²) in [6.45, 7) is 1.91. The third-order valence-electron chi connectivity index (χ3n) is 2.37. The summed E-state index contributed by atoms with van der Waals surface area (Å²) >= 11 is 2.18. The van der Waals surface area contributed by atoms with Gasteiger partial charge in [0, 0.05) is 5.56 Å². The number of carbonyl (C=O) groups is 1. The maximum Gasteiger partial charge on any atom is 0.372 e. The van der Waals surface area contributed by atoms with Crippen molar-refractivity contribution in [3.05, 3.63) is 51.0 Å². The predicted molar refractivity (Wildman–Crippen MR) is 73.9 cm³/mol. The first-order chi connectivity index (χ1) is 8.58. The second-order valence-corrected chi connectivity index (χ2v) is 4.91. The Bertz CT molecular complexity index is 574. The molecular formula is C13H11IO4. The Morgan fingerprint density at radius 2 is 2.17 bits per heavy atom. The van der Waals surface area contributed by atoms with Gasteiger partial charge in [0.25, 0.3) is 0 Å². The van der Waals surface area contributed by atoms with E-state index in [9.17, 15) is 4.79 Å². The summed E-state index contributed by atoms with van der Waals surface area (Å²) in [4.78, 5) is 10.8. The molecule has 1 aromatic carbocycles. The smallest absolute Gasteiger partial charge is 0.372 e. The fraction of sp³-hybridized carbons (Fsp3) is 0.154. The number of aromatic carboxylic acids is 1. The molecule has 0 bridgehead atoms. The number of furan rings is 1. The summed E-state index contributed by atoms with van der Waals surface area (Å²) in [6, 6.07) is 9.28. The van der Waals surface area contributed by atoms with E-state index >= 15 is 0 Å². The third kappa shape index (κ3) is 2.84. The summed E-state index contributed by atoms with van der Waals surface area (Å²) in [5, 5.41) is 8.87. The average Bonchev–Trinajstić information content (AvgIpc) is 2.70. The maximum atomic E-state index is 10.8. The van der Waals surface area contributed by atoms with Crippen molar-refractivity contribution in [2.45, 2.75) is 13.5 Å². The molecule has 0 radical (unpaired) electrons. The van der Waals surface area contributed by atoms with Crippen molar-refractivity contribution in [1.29, 1.82) is 0 Å². The first-order valence-electron chi connectivity index (χ1n) is 5.28. The van der Waals surface area contributed by atoms with Crippen LogP contribution < -0.4 is 4.74 Å². The average molecular weight is 358 g/mol. The number of carboxylic acid groups (broad SMARTS) is 1. The zero-order valence-corrected chi connectivity index (χ0v) is 11.8. The molecule has 0 spiro atoms. The Hall–Kier alpha value is -1.50. The Morgan fingerprint density at radius 3 is 2.78 bits per heavy atom. The van der Waals surface area contributed by atoms with E-state index < -0.39 is 5.97 Å². The molecule has 0 fully saturated rings. The summed E-state index contributed by atoms with van der Waals surface area (Å²) in [5.74, 6) is 0.165. The molecule has 94 valence electrons. The lowest BCUT2D eigenvalue weighted by atomic mass is 10.3. The predicted octanol–water partition coefficient (Wildman–Crippen LogP) is 3.47. The fourth-order valence-electron chi connectivity index (χ4n) is 1.54. The largest absolute Gasteiger partial charge is 0.485 e. The van der Waals surface area contributed by atoms with Gasteiger partial charge in [-0.15, -0.1) is 0 Å².